The maximum Gasteiger partial charge on any atom is 0.0540 e. The van der Waals surface area contributed by atoms with Gasteiger partial charge in [0.2, 0.25) is 0 Å². The molecule has 0 amide bonds. The molecule has 1 atom stereocenters. The molecule has 0 aromatic rings. The Hall–Kier alpha value is -0.120. The van der Waals surface area contributed by atoms with Gasteiger partial charge in [0.1, 0.15) is 0 Å². The lowest BCUT2D eigenvalue weighted by molar-refractivity contribution is 0.141. The van der Waals surface area contributed by atoms with Crippen LogP contribution in [0.3, 0.4) is 0 Å². The van der Waals surface area contributed by atoms with E-state index in [1.54, 1.807) is 0 Å². The van der Waals surface area contributed by atoms with Gasteiger partial charge in [0.25, 0.3) is 0 Å². The Bertz CT molecular complexity index is 135. The number of nitrogens with one attached hydrogen (secondary N) is 1. The van der Waals surface area contributed by atoms with E-state index in [-0.39, 0.29) is 6.10 Å². The molecule has 0 radical (unpaired) electrons. The van der Waals surface area contributed by atoms with Gasteiger partial charge < -0.3 is 15.3 Å². The first-order chi connectivity index (χ1) is 6.83. The number of aliphatic hydroxyl groups is 1. The number of hydrogen-bond acceptors (Lipinski definition) is 3. The van der Waals surface area contributed by atoms with Gasteiger partial charge in [0, 0.05) is 26.2 Å². The zero-order valence-electron chi connectivity index (χ0n) is 9.34. The van der Waals surface area contributed by atoms with Gasteiger partial charge >= 0.3 is 0 Å². The average Bonchev–Trinajstić information content (AvgIpc) is 2.20. The van der Waals surface area contributed by atoms with Gasteiger partial charge in [-0.15, -0.1) is 0 Å². The standard InChI is InChI=1S/C11H24N2O/c1-2-4-11(14)5-3-8-13-9-6-12-7-10-13/h11-12,14H,2-10H2,1H3. The van der Waals surface area contributed by atoms with Crippen LogP contribution in [0.1, 0.15) is 32.6 Å². The summed E-state index contributed by atoms with van der Waals surface area (Å²) in [6.07, 6.45) is 4.10. The summed E-state index contributed by atoms with van der Waals surface area (Å²) in [6.45, 7) is 7.87. The monoisotopic (exact) mass is 200 g/mol. The molecule has 84 valence electrons. The van der Waals surface area contributed by atoms with E-state index in [2.05, 4.69) is 17.1 Å². The van der Waals surface area contributed by atoms with Crippen molar-refractivity contribution in [1.82, 2.24) is 10.2 Å². The van der Waals surface area contributed by atoms with Crippen LogP contribution in [0.15, 0.2) is 0 Å². The molecular weight excluding hydrogens is 176 g/mol. The molecule has 3 heteroatoms. The molecule has 0 bridgehead atoms. The van der Waals surface area contributed by atoms with Crippen LogP contribution < -0.4 is 5.32 Å². The molecule has 0 aromatic carbocycles. The van der Waals surface area contributed by atoms with Crippen molar-refractivity contribution in [2.45, 2.75) is 38.7 Å². The quantitative estimate of drug-likeness (QED) is 0.667. The molecule has 0 aromatic heterocycles. The summed E-state index contributed by atoms with van der Waals surface area (Å²) in [5.74, 6) is 0. The fourth-order valence-corrected chi connectivity index (χ4v) is 1.96. The Balaban J connectivity index is 1.96. The van der Waals surface area contributed by atoms with Crippen molar-refractivity contribution in [3.8, 4) is 0 Å². The van der Waals surface area contributed by atoms with E-state index in [0.29, 0.717) is 0 Å². The molecule has 14 heavy (non-hydrogen) atoms. The number of rotatable bonds is 6. The number of piperazine rings is 1. The van der Waals surface area contributed by atoms with Crippen molar-refractivity contribution in [2.24, 2.45) is 0 Å². The molecule has 0 aliphatic carbocycles. The lowest BCUT2D eigenvalue weighted by atomic mass is 10.1. The maximum absolute atomic E-state index is 9.55. The minimum Gasteiger partial charge on any atom is -0.393 e. The summed E-state index contributed by atoms with van der Waals surface area (Å²) in [6, 6.07) is 0. The molecular formula is C11H24N2O. The highest BCUT2D eigenvalue weighted by atomic mass is 16.3. The third-order valence-electron chi connectivity index (χ3n) is 2.84. The molecule has 0 saturated carbocycles. The number of aliphatic hydroxyl groups excluding tert-OH is 1. The van der Waals surface area contributed by atoms with Gasteiger partial charge in [-0.25, -0.2) is 0 Å². The Kier molecular flexibility index (Phi) is 6.15. The first-order valence-electron chi connectivity index (χ1n) is 5.94. The fourth-order valence-electron chi connectivity index (χ4n) is 1.96. The minimum atomic E-state index is -0.0667. The van der Waals surface area contributed by atoms with Gasteiger partial charge in [0.15, 0.2) is 0 Å². The van der Waals surface area contributed by atoms with Gasteiger partial charge in [-0.05, 0) is 25.8 Å². The van der Waals surface area contributed by atoms with Crippen LogP contribution in [-0.2, 0) is 0 Å². The Morgan fingerprint density at radius 3 is 2.64 bits per heavy atom. The Morgan fingerprint density at radius 2 is 2.00 bits per heavy atom. The largest absolute Gasteiger partial charge is 0.393 e. The van der Waals surface area contributed by atoms with Crippen LogP contribution in [0.2, 0.25) is 0 Å². The van der Waals surface area contributed by atoms with Crippen LogP contribution in [0, 0.1) is 0 Å². The second kappa shape index (κ2) is 7.21. The van der Waals surface area contributed by atoms with Crippen molar-refractivity contribution in [2.75, 3.05) is 32.7 Å². The first kappa shape index (κ1) is 12.0. The molecule has 1 rings (SSSR count). The summed E-state index contributed by atoms with van der Waals surface area (Å²) in [5.41, 5.74) is 0. The SMILES string of the molecule is CCCC(O)CCCN1CCNCC1. The molecule has 1 heterocycles. The van der Waals surface area contributed by atoms with Crippen molar-refractivity contribution in [3.05, 3.63) is 0 Å². The second-order valence-corrected chi connectivity index (χ2v) is 4.18. The van der Waals surface area contributed by atoms with E-state index in [1.165, 1.54) is 13.1 Å². The van der Waals surface area contributed by atoms with Crippen LogP contribution >= 0.6 is 0 Å². The van der Waals surface area contributed by atoms with Crippen LogP contribution in [0.4, 0.5) is 0 Å². The van der Waals surface area contributed by atoms with Gasteiger partial charge in [0.05, 0.1) is 6.10 Å². The van der Waals surface area contributed by atoms with E-state index in [0.717, 1.165) is 45.3 Å². The third-order valence-corrected chi connectivity index (χ3v) is 2.84. The molecule has 1 saturated heterocycles. The molecule has 3 nitrogen and oxygen atoms in total. The van der Waals surface area contributed by atoms with E-state index < -0.39 is 0 Å². The zero-order chi connectivity index (χ0) is 10.2. The van der Waals surface area contributed by atoms with Gasteiger partial charge in [-0.2, -0.15) is 0 Å². The normalized spacial score (nSPS) is 21.0. The lowest BCUT2D eigenvalue weighted by Crippen LogP contribution is -2.43. The third kappa shape index (κ3) is 4.94. The fraction of sp³-hybridized carbons (Fsp3) is 1.00. The number of hydrogen-bond donors (Lipinski definition) is 2. The summed E-state index contributed by atoms with van der Waals surface area (Å²) >= 11 is 0. The smallest absolute Gasteiger partial charge is 0.0540 e. The number of nitrogens with zero attached hydrogens (tertiary/aromatic N) is 1. The van der Waals surface area contributed by atoms with Crippen LogP contribution in [-0.4, -0.2) is 48.8 Å². The minimum absolute atomic E-state index is 0.0667. The summed E-state index contributed by atoms with van der Waals surface area (Å²) in [4.78, 5) is 2.48. The highest BCUT2D eigenvalue weighted by Crippen LogP contribution is 2.05. The summed E-state index contributed by atoms with van der Waals surface area (Å²) < 4.78 is 0. The highest BCUT2D eigenvalue weighted by Gasteiger charge is 2.09. The molecule has 2 N–H and O–H groups in total. The van der Waals surface area contributed by atoms with E-state index in [9.17, 15) is 5.11 Å². The Morgan fingerprint density at radius 1 is 1.29 bits per heavy atom. The topological polar surface area (TPSA) is 35.5 Å². The van der Waals surface area contributed by atoms with E-state index >= 15 is 0 Å². The van der Waals surface area contributed by atoms with E-state index in [4.69, 9.17) is 0 Å². The predicted molar refractivity (Wildman–Crippen MR) is 59.5 cm³/mol. The zero-order valence-corrected chi connectivity index (χ0v) is 9.34. The molecule has 1 unspecified atom stereocenters. The van der Waals surface area contributed by atoms with Crippen molar-refractivity contribution in [3.63, 3.8) is 0 Å². The molecule has 0 spiro atoms. The van der Waals surface area contributed by atoms with Gasteiger partial charge in [-0.3, -0.25) is 0 Å². The molecule has 1 aliphatic rings. The van der Waals surface area contributed by atoms with Crippen LogP contribution in [0.25, 0.3) is 0 Å². The lowest BCUT2D eigenvalue weighted by Gasteiger charge is -2.27. The predicted octanol–water partition coefficient (Wildman–Crippen LogP) is 0.833. The molecule has 1 aliphatic heterocycles. The average molecular weight is 200 g/mol. The van der Waals surface area contributed by atoms with Crippen molar-refractivity contribution in [1.29, 1.82) is 0 Å². The highest BCUT2D eigenvalue weighted by molar-refractivity contribution is 4.68. The maximum atomic E-state index is 9.55. The summed E-state index contributed by atoms with van der Waals surface area (Å²) in [7, 11) is 0. The van der Waals surface area contributed by atoms with Gasteiger partial charge in [-0.1, -0.05) is 13.3 Å². The summed E-state index contributed by atoms with van der Waals surface area (Å²) in [5, 5.41) is 12.9. The molecule has 1 fully saturated rings. The first-order valence-corrected chi connectivity index (χ1v) is 5.94. The Labute approximate surface area is 87.5 Å². The van der Waals surface area contributed by atoms with Crippen LogP contribution in [0.5, 0.6) is 0 Å². The van der Waals surface area contributed by atoms with E-state index in [1.807, 2.05) is 0 Å². The van der Waals surface area contributed by atoms with Crippen molar-refractivity contribution >= 4 is 0 Å². The van der Waals surface area contributed by atoms with Crippen molar-refractivity contribution < 1.29 is 5.11 Å². The second-order valence-electron chi connectivity index (χ2n) is 4.18.